The number of aromatic nitrogens is 2. The molecule has 1 aromatic heterocycles. The van der Waals surface area contributed by atoms with Crippen molar-refractivity contribution >= 4 is 11.6 Å². The fourth-order valence-corrected chi connectivity index (χ4v) is 2.56. The molecule has 0 aliphatic rings. The molecule has 0 unspecified atom stereocenters. The number of para-hydroxylation sites is 1. The van der Waals surface area contributed by atoms with Crippen LogP contribution in [-0.2, 0) is 13.0 Å². The average molecular weight is 306 g/mol. The fraction of sp³-hybridized carbons (Fsp3) is 0.471. The molecule has 1 heterocycles. The molecule has 114 valence electrons. The molecular weight excluding hydrogens is 282 g/mol. The Hall–Kier alpha value is -1.32. The molecule has 4 heteroatoms. The van der Waals surface area contributed by atoms with Crippen molar-refractivity contribution < 1.29 is 0 Å². The van der Waals surface area contributed by atoms with E-state index in [-0.39, 0.29) is 5.54 Å². The first-order chi connectivity index (χ1) is 9.92. The lowest BCUT2D eigenvalue weighted by Gasteiger charge is -2.22. The predicted molar refractivity (Wildman–Crippen MR) is 89.2 cm³/mol. The van der Waals surface area contributed by atoms with Crippen molar-refractivity contribution in [2.75, 3.05) is 0 Å². The molecule has 0 atom stereocenters. The maximum Gasteiger partial charge on any atom is 0.113 e. The SMILES string of the molecule is CCCc1nccn1-c1c(Cl)cccc1CNC(C)(C)C. The van der Waals surface area contributed by atoms with Gasteiger partial charge in [0, 0.05) is 30.9 Å². The number of hydrogen-bond acceptors (Lipinski definition) is 2. The van der Waals surface area contributed by atoms with Gasteiger partial charge in [-0.3, -0.25) is 0 Å². The lowest BCUT2D eigenvalue weighted by atomic mass is 10.1. The first kappa shape index (κ1) is 16.1. The van der Waals surface area contributed by atoms with E-state index >= 15 is 0 Å². The monoisotopic (exact) mass is 305 g/mol. The maximum atomic E-state index is 6.47. The van der Waals surface area contributed by atoms with Crippen molar-refractivity contribution in [3.8, 4) is 5.69 Å². The highest BCUT2D eigenvalue weighted by atomic mass is 35.5. The molecule has 0 bridgehead atoms. The zero-order valence-electron chi connectivity index (χ0n) is 13.3. The zero-order chi connectivity index (χ0) is 15.5. The van der Waals surface area contributed by atoms with Gasteiger partial charge in [0.15, 0.2) is 0 Å². The van der Waals surface area contributed by atoms with E-state index in [4.69, 9.17) is 11.6 Å². The van der Waals surface area contributed by atoms with Gasteiger partial charge in [0.05, 0.1) is 10.7 Å². The topological polar surface area (TPSA) is 29.9 Å². The summed E-state index contributed by atoms with van der Waals surface area (Å²) in [6.07, 6.45) is 5.85. The molecule has 0 radical (unpaired) electrons. The highest BCUT2D eigenvalue weighted by Gasteiger charge is 2.15. The molecule has 0 fully saturated rings. The third kappa shape index (κ3) is 4.08. The summed E-state index contributed by atoms with van der Waals surface area (Å²) < 4.78 is 2.12. The molecule has 0 saturated heterocycles. The minimum atomic E-state index is 0.0702. The summed E-state index contributed by atoms with van der Waals surface area (Å²) in [5.41, 5.74) is 2.30. The fourth-order valence-electron chi connectivity index (χ4n) is 2.28. The Balaban J connectivity index is 2.40. The van der Waals surface area contributed by atoms with Crippen molar-refractivity contribution in [3.05, 3.63) is 47.0 Å². The highest BCUT2D eigenvalue weighted by molar-refractivity contribution is 6.32. The Morgan fingerprint density at radius 3 is 2.71 bits per heavy atom. The second-order valence-corrected chi connectivity index (χ2v) is 6.72. The van der Waals surface area contributed by atoms with Crippen LogP contribution in [0, 0.1) is 0 Å². The van der Waals surface area contributed by atoms with Gasteiger partial charge in [-0.05, 0) is 38.8 Å². The van der Waals surface area contributed by atoms with Gasteiger partial charge in [-0.2, -0.15) is 0 Å². The van der Waals surface area contributed by atoms with Crippen LogP contribution in [0.5, 0.6) is 0 Å². The van der Waals surface area contributed by atoms with Crippen molar-refractivity contribution in [3.63, 3.8) is 0 Å². The third-order valence-electron chi connectivity index (χ3n) is 3.31. The summed E-state index contributed by atoms with van der Waals surface area (Å²) in [5.74, 6) is 1.06. The molecule has 1 aromatic carbocycles. The molecule has 1 N–H and O–H groups in total. The number of imidazole rings is 1. The Morgan fingerprint density at radius 1 is 1.29 bits per heavy atom. The van der Waals surface area contributed by atoms with Gasteiger partial charge in [0.2, 0.25) is 0 Å². The van der Waals surface area contributed by atoms with Crippen molar-refractivity contribution in [2.24, 2.45) is 0 Å². The molecule has 0 aliphatic carbocycles. The largest absolute Gasteiger partial charge is 0.308 e. The van der Waals surface area contributed by atoms with Gasteiger partial charge < -0.3 is 9.88 Å². The molecule has 0 spiro atoms. The predicted octanol–water partition coefficient (Wildman–Crippen LogP) is 4.37. The number of nitrogens with one attached hydrogen (secondary N) is 1. The Bertz CT molecular complexity index is 596. The van der Waals surface area contributed by atoms with Crippen LogP contribution in [0.25, 0.3) is 5.69 Å². The third-order valence-corrected chi connectivity index (χ3v) is 3.62. The van der Waals surface area contributed by atoms with E-state index in [0.717, 1.165) is 35.9 Å². The number of halogens is 1. The summed E-state index contributed by atoms with van der Waals surface area (Å²) >= 11 is 6.47. The summed E-state index contributed by atoms with van der Waals surface area (Å²) in [4.78, 5) is 4.46. The van der Waals surface area contributed by atoms with E-state index < -0.39 is 0 Å². The number of benzene rings is 1. The number of nitrogens with zero attached hydrogens (tertiary/aromatic N) is 2. The van der Waals surface area contributed by atoms with Gasteiger partial charge in [-0.25, -0.2) is 4.98 Å². The van der Waals surface area contributed by atoms with E-state index in [2.05, 4.69) is 48.6 Å². The summed E-state index contributed by atoms with van der Waals surface area (Å²) in [7, 11) is 0. The highest BCUT2D eigenvalue weighted by Crippen LogP contribution is 2.26. The zero-order valence-corrected chi connectivity index (χ0v) is 14.0. The van der Waals surface area contributed by atoms with Crippen LogP contribution in [0.2, 0.25) is 5.02 Å². The normalized spacial score (nSPS) is 11.9. The van der Waals surface area contributed by atoms with Crippen LogP contribution in [0.3, 0.4) is 0 Å². The summed E-state index contributed by atoms with van der Waals surface area (Å²) in [5, 5.41) is 4.29. The van der Waals surface area contributed by atoms with Gasteiger partial charge in [-0.15, -0.1) is 0 Å². The molecule has 2 rings (SSSR count). The first-order valence-electron chi connectivity index (χ1n) is 7.47. The lowest BCUT2D eigenvalue weighted by molar-refractivity contribution is 0.424. The molecule has 0 aliphatic heterocycles. The smallest absolute Gasteiger partial charge is 0.113 e. The molecule has 21 heavy (non-hydrogen) atoms. The van der Waals surface area contributed by atoms with Crippen LogP contribution < -0.4 is 5.32 Å². The van der Waals surface area contributed by atoms with Crippen LogP contribution in [0.15, 0.2) is 30.6 Å². The minimum Gasteiger partial charge on any atom is -0.308 e. The second kappa shape index (κ2) is 6.63. The van der Waals surface area contributed by atoms with E-state index in [1.807, 2.05) is 24.5 Å². The molecule has 0 saturated carbocycles. The van der Waals surface area contributed by atoms with Crippen LogP contribution >= 0.6 is 11.6 Å². The van der Waals surface area contributed by atoms with Crippen LogP contribution in [-0.4, -0.2) is 15.1 Å². The number of hydrogen-bond donors (Lipinski definition) is 1. The number of aryl methyl sites for hydroxylation is 1. The van der Waals surface area contributed by atoms with Crippen molar-refractivity contribution in [1.82, 2.24) is 14.9 Å². The molecule has 2 aromatic rings. The van der Waals surface area contributed by atoms with Gasteiger partial charge >= 0.3 is 0 Å². The Morgan fingerprint density at radius 2 is 2.05 bits per heavy atom. The van der Waals surface area contributed by atoms with E-state index in [0.29, 0.717) is 0 Å². The van der Waals surface area contributed by atoms with Crippen molar-refractivity contribution in [1.29, 1.82) is 0 Å². The maximum absolute atomic E-state index is 6.47. The molecule has 3 nitrogen and oxygen atoms in total. The van der Waals surface area contributed by atoms with Gasteiger partial charge in [-0.1, -0.05) is 30.7 Å². The number of rotatable bonds is 5. The van der Waals surface area contributed by atoms with E-state index in [1.165, 1.54) is 5.56 Å². The minimum absolute atomic E-state index is 0.0702. The standard InChI is InChI=1S/C17H24ClN3/c1-5-7-15-19-10-11-21(15)16-13(8-6-9-14(16)18)12-20-17(2,3)4/h6,8-11,20H,5,7,12H2,1-4H3. The van der Waals surface area contributed by atoms with E-state index in [9.17, 15) is 0 Å². The Labute approximate surface area is 132 Å². The molecule has 0 amide bonds. The Kier molecular flexibility index (Phi) is 5.07. The van der Waals surface area contributed by atoms with Crippen LogP contribution in [0.4, 0.5) is 0 Å². The van der Waals surface area contributed by atoms with E-state index in [1.54, 1.807) is 0 Å². The van der Waals surface area contributed by atoms with Gasteiger partial charge in [0.1, 0.15) is 5.82 Å². The summed E-state index contributed by atoms with van der Waals surface area (Å²) in [6, 6.07) is 6.06. The van der Waals surface area contributed by atoms with Crippen LogP contribution in [0.1, 0.15) is 45.5 Å². The van der Waals surface area contributed by atoms with Crippen molar-refractivity contribution in [2.45, 2.75) is 52.6 Å². The second-order valence-electron chi connectivity index (χ2n) is 6.31. The summed E-state index contributed by atoms with van der Waals surface area (Å²) in [6.45, 7) is 9.43. The van der Waals surface area contributed by atoms with Gasteiger partial charge in [0.25, 0.3) is 0 Å². The average Bonchev–Trinajstić information content (AvgIpc) is 2.84. The first-order valence-corrected chi connectivity index (χ1v) is 7.85. The quantitative estimate of drug-likeness (QED) is 0.889. The molecular formula is C17H24ClN3. The lowest BCUT2D eigenvalue weighted by Crippen LogP contribution is -2.35.